The molecule has 3 heteroatoms. The molecule has 0 unspecified atom stereocenters. The largest absolute Gasteiger partial charge is 0.390 e. The summed E-state index contributed by atoms with van der Waals surface area (Å²) in [5.74, 6) is 0. The number of benzene rings is 1. The third kappa shape index (κ3) is 12.7. The van der Waals surface area contributed by atoms with Crippen molar-refractivity contribution in [2.45, 2.75) is 65.2 Å². The van der Waals surface area contributed by atoms with E-state index in [9.17, 15) is 5.11 Å². The van der Waals surface area contributed by atoms with Crippen molar-refractivity contribution in [3.8, 4) is 0 Å². The molecular weight excluding hydrogens is 346 g/mol. The Morgan fingerprint density at radius 3 is 2.29 bits per heavy atom. The van der Waals surface area contributed by atoms with Crippen LogP contribution in [-0.4, -0.2) is 40.9 Å². The van der Waals surface area contributed by atoms with Crippen LogP contribution >= 0.6 is 0 Å². The standard InChI is InChI=1S/C25H39NO2/c1-6-7-8-9-10-14-19-26(22-23-15-12-11-13-16-23)20-17-25(4,5)28-21-18-24(2,3)27/h6-16,27H,17-22H2,1-5H3/b7-6-,9-8-,14-10+. The van der Waals surface area contributed by atoms with E-state index in [1.165, 1.54) is 5.56 Å². The molecule has 0 amide bonds. The number of allylic oxidation sites excluding steroid dienone is 5. The zero-order chi connectivity index (χ0) is 20.9. The first kappa shape index (κ1) is 24.4. The van der Waals surface area contributed by atoms with Gasteiger partial charge in [-0.15, -0.1) is 0 Å². The Kier molecular flexibility index (Phi) is 11.1. The van der Waals surface area contributed by atoms with Crippen LogP contribution in [0.25, 0.3) is 0 Å². The molecule has 0 saturated carbocycles. The molecular formula is C25H39NO2. The first-order valence-corrected chi connectivity index (χ1v) is 10.3. The highest BCUT2D eigenvalue weighted by atomic mass is 16.5. The second-order valence-corrected chi connectivity index (χ2v) is 8.48. The van der Waals surface area contributed by atoms with Crippen molar-refractivity contribution in [2.75, 3.05) is 19.7 Å². The Labute approximate surface area is 172 Å². The Balaban J connectivity index is 2.60. The van der Waals surface area contributed by atoms with Crippen molar-refractivity contribution < 1.29 is 9.84 Å². The SMILES string of the molecule is C\C=C/C=C\C=C\CN(CCC(C)(C)OCCC(C)(C)O)Cc1ccccc1. The van der Waals surface area contributed by atoms with E-state index in [0.29, 0.717) is 13.0 Å². The second kappa shape index (κ2) is 12.7. The van der Waals surface area contributed by atoms with Crippen LogP contribution in [0.15, 0.2) is 66.8 Å². The molecule has 0 aliphatic rings. The van der Waals surface area contributed by atoms with Gasteiger partial charge in [0.15, 0.2) is 0 Å². The van der Waals surface area contributed by atoms with Gasteiger partial charge < -0.3 is 9.84 Å². The van der Waals surface area contributed by atoms with Gasteiger partial charge in [-0.05, 0) is 53.0 Å². The first-order valence-electron chi connectivity index (χ1n) is 10.3. The molecule has 0 fully saturated rings. The average Bonchev–Trinajstić information content (AvgIpc) is 2.62. The van der Waals surface area contributed by atoms with Crippen LogP contribution in [0.5, 0.6) is 0 Å². The maximum Gasteiger partial charge on any atom is 0.0638 e. The number of hydrogen-bond donors (Lipinski definition) is 1. The predicted octanol–water partition coefficient (Wildman–Crippen LogP) is 5.52. The molecule has 0 atom stereocenters. The van der Waals surface area contributed by atoms with Crippen LogP contribution in [0, 0.1) is 0 Å². The minimum Gasteiger partial charge on any atom is -0.390 e. The van der Waals surface area contributed by atoms with Crippen LogP contribution < -0.4 is 0 Å². The van der Waals surface area contributed by atoms with Crippen LogP contribution in [0.3, 0.4) is 0 Å². The second-order valence-electron chi connectivity index (χ2n) is 8.48. The average molecular weight is 386 g/mol. The summed E-state index contributed by atoms with van der Waals surface area (Å²) in [4.78, 5) is 2.44. The fourth-order valence-electron chi connectivity index (χ4n) is 2.68. The summed E-state index contributed by atoms with van der Waals surface area (Å²) in [6.45, 7) is 13.3. The molecule has 1 N–H and O–H groups in total. The van der Waals surface area contributed by atoms with Gasteiger partial charge in [-0.1, -0.05) is 66.8 Å². The van der Waals surface area contributed by atoms with Gasteiger partial charge in [0, 0.05) is 19.6 Å². The topological polar surface area (TPSA) is 32.7 Å². The minimum absolute atomic E-state index is 0.213. The number of aliphatic hydroxyl groups is 1. The van der Waals surface area contributed by atoms with Crippen molar-refractivity contribution in [2.24, 2.45) is 0 Å². The molecule has 0 bridgehead atoms. The molecule has 156 valence electrons. The highest BCUT2D eigenvalue weighted by molar-refractivity contribution is 5.15. The molecule has 1 aromatic rings. The van der Waals surface area contributed by atoms with E-state index >= 15 is 0 Å². The van der Waals surface area contributed by atoms with E-state index in [1.807, 2.05) is 39.0 Å². The minimum atomic E-state index is -0.680. The number of hydrogen-bond acceptors (Lipinski definition) is 3. The van der Waals surface area contributed by atoms with Gasteiger partial charge in [0.1, 0.15) is 0 Å². The fourth-order valence-corrected chi connectivity index (χ4v) is 2.68. The smallest absolute Gasteiger partial charge is 0.0638 e. The molecule has 0 saturated heterocycles. The lowest BCUT2D eigenvalue weighted by Gasteiger charge is -2.30. The van der Waals surface area contributed by atoms with Crippen molar-refractivity contribution in [3.63, 3.8) is 0 Å². The van der Waals surface area contributed by atoms with Gasteiger partial charge in [0.25, 0.3) is 0 Å². The number of rotatable bonds is 13. The summed E-state index contributed by atoms with van der Waals surface area (Å²) in [5, 5.41) is 9.87. The Bertz CT molecular complexity index is 609. The van der Waals surface area contributed by atoms with Crippen LogP contribution in [-0.2, 0) is 11.3 Å². The molecule has 0 spiro atoms. The van der Waals surface area contributed by atoms with Crippen LogP contribution in [0.2, 0.25) is 0 Å². The van der Waals surface area contributed by atoms with E-state index < -0.39 is 5.60 Å². The Morgan fingerprint density at radius 2 is 1.64 bits per heavy atom. The first-order chi connectivity index (χ1) is 13.2. The zero-order valence-corrected chi connectivity index (χ0v) is 18.4. The van der Waals surface area contributed by atoms with E-state index in [0.717, 1.165) is 26.1 Å². The summed E-state index contributed by atoms with van der Waals surface area (Å²) in [5.41, 5.74) is 0.428. The highest BCUT2D eigenvalue weighted by Crippen LogP contribution is 2.18. The molecule has 0 aliphatic heterocycles. The van der Waals surface area contributed by atoms with E-state index in [2.05, 4.69) is 67.3 Å². The highest BCUT2D eigenvalue weighted by Gasteiger charge is 2.21. The number of ether oxygens (including phenoxy) is 1. The molecule has 0 heterocycles. The molecule has 1 rings (SSSR count). The quantitative estimate of drug-likeness (QED) is 0.454. The normalized spacial score (nSPS) is 13.5. The Morgan fingerprint density at radius 1 is 0.964 bits per heavy atom. The van der Waals surface area contributed by atoms with Gasteiger partial charge in [0.05, 0.1) is 17.8 Å². The molecule has 0 aliphatic carbocycles. The zero-order valence-electron chi connectivity index (χ0n) is 18.4. The van der Waals surface area contributed by atoms with E-state index in [1.54, 1.807) is 0 Å². The van der Waals surface area contributed by atoms with Crippen molar-refractivity contribution in [3.05, 3.63) is 72.4 Å². The summed E-state index contributed by atoms with van der Waals surface area (Å²) >= 11 is 0. The summed E-state index contributed by atoms with van der Waals surface area (Å²) in [6, 6.07) is 10.6. The Hall–Kier alpha value is -1.68. The molecule has 28 heavy (non-hydrogen) atoms. The predicted molar refractivity (Wildman–Crippen MR) is 120 cm³/mol. The number of nitrogens with zero attached hydrogens (tertiary/aromatic N) is 1. The summed E-state index contributed by atoms with van der Waals surface area (Å²) in [6.07, 6.45) is 14.0. The molecule has 3 nitrogen and oxygen atoms in total. The van der Waals surface area contributed by atoms with Gasteiger partial charge in [-0.2, -0.15) is 0 Å². The van der Waals surface area contributed by atoms with Gasteiger partial charge in [0.2, 0.25) is 0 Å². The van der Waals surface area contributed by atoms with Gasteiger partial charge in [-0.3, -0.25) is 4.90 Å². The van der Waals surface area contributed by atoms with Crippen LogP contribution in [0.4, 0.5) is 0 Å². The van der Waals surface area contributed by atoms with Crippen molar-refractivity contribution in [1.82, 2.24) is 4.90 Å². The lowest BCUT2D eigenvalue weighted by Crippen LogP contribution is -2.34. The van der Waals surface area contributed by atoms with Gasteiger partial charge in [-0.25, -0.2) is 0 Å². The van der Waals surface area contributed by atoms with Crippen molar-refractivity contribution >= 4 is 0 Å². The third-order valence-electron chi connectivity index (χ3n) is 4.51. The molecule has 0 aromatic heterocycles. The lowest BCUT2D eigenvalue weighted by atomic mass is 10.0. The van der Waals surface area contributed by atoms with E-state index in [-0.39, 0.29) is 5.60 Å². The molecule has 0 radical (unpaired) electrons. The monoisotopic (exact) mass is 385 g/mol. The third-order valence-corrected chi connectivity index (χ3v) is 4.51. The van der Waals surface area contributed by atoms with Gasteiger partial charge >= 0.3 is 0 Å². The summed E-state index contributed by atoms with van der Waals surface area (Å²) < 4.78 is 6.05. The van der Waals surface area contributed by atoms with E-state index in [4.69, 9.17) is 4.74 Å². The van der Waals surface area contributed by atoms with Crippen LogP contribution in [0.1, 0.15) is 53.0 Å². The molecule has 1 aromatic carbocycles. The maximum absolute atomic E-state index is 9.87. The van der Waals surface area contributed by atoms with Crippen molar-refractivity contribution in [1.29, 1.82) is 0 Å². The lowest BCUT2D eigenvalue weighted by molar-refractivity contribution is -0.0534. The summed E-state index contributed by atoms with van der Waals surface area (Å²) in [7, 11) is 0. The fraction of sp³-hybridized carbons (Fsp3) is 0.520. The maximum atomic E-state index is 9.87.